The van der Waals surface area contributed by atoms with Crippen molar-refractivity contribution in [2.45, 2.75) is 58.7 Å². The fourth-order valence-corrected chi connectivity index (χ4v) is 3.71. The zero-order valence-electron chi connectivity index (χ0n) is 16.3. The summed E-state index contributed by atoms with van der Waals surface area (Å²) >= 11 is 0. The van der Waals surface area contributed by atoms with E-state index in [0.29, 0.717) is 42.9 Å². The van der Waals surface area contributed by atoms with E-state index in [2.05, 4.69) is 34.2 Å². The normalized spacial score (nSPS) is 16.9. The molecular formula is C20H26N6O2. The fourth-order valence-electron chi connectivity index (χ4n) is 3.71. The number of carbonyl (C=O) groups excluding carboxylic acids is 1. The average molecular weight is 382 g/mol. The van der Waals surface area contributed by atoms with Crippen molar-refractivity contribution in [2.24, 2.45) is 5.92 Å². The molecule has 8 heteroatoms. The lowest BCUT2D eigenvalue weighted by Gasteiger charge is -2.16. The highest BCUT2D eigenvalue weighted by atomic mass is 16.2. The molecule has 0 aliphatic carbocycles. The second-order valence-electron chi connectivity index (χ2n) is 7.86. The number of H-pyrrole nitrogens is 1. The molecule has 8 nitrogen and oxygen atoms in total. The van der Waals surface area contributed by atoms with Gasteiger partial charge in [-0.25, -0.2) is 14.5 Å². The zero-order valence-corrected chi connectivity index (χ0v) is 16.3. The number of nitrogens with one attached hydrogen (secondary N) is 2. The Kier molecular flexibility index (Phi) is 5.02. The molecule has 1 amide bonds. The van der Waals surface area contributed by atoms with Crippen LogP contribution in [0.15, 0.2) is 29.3 Å². The number of aromatic nitrogens is 5. The van der Waals surface area contributed by atoms with Crippen LogP contribution >= 0.6 is 0 Å². The summed E-state index contributed by atoms with van der Waals surface area (Å²) in [5, 5.41) is 7.64. The van der Waals surface area contributed by atoms with Crippen molar-refractivity contribution in [3.8, 4) is 0 Å². The topological polar surface area (TPSA) is 97.6 Å². The minimum Gasteiger partial charge on any atom is -0.349 e. The Bertz CT molecular complexity index is 1040. The third-order valence-corrected chi connectivity index (χ3v) is 5.36. The van der Waals surface area contributed by atoms with Crippen LogP contribution in [0.4, 0.5) is 0 Å². The summed E-state index contributed by atoms with van der Waals surface area (Å²) in [6, 6.07) is 5.53. The van der Waals surface area contributed by atoms with E-state index in [1.165, 1.54) is 0 Å². The van der Waals surface area contributed by atoms with Crippen molar-refractivity contribution >= 4 is 16.9 Å². The highest BCUT2D eigenvalue weighted by Gasteiger charge is 2.23. The van der Waals surface area contributed by atoms with Gasteiger partial charge < -0.3 is 10.3 Å². The van der Waals surface area contributed by atoms with Crippen molar-refractivity contribution in [1.29, 1.82) is 0 Å². The molecule has 148 valence electrons. The van der Waals surface area contributed by atoms with Crippen molar-refractivity contribution < 1.29 is 4.79 Å². The standard InChI is InChI=1S/C20H26N6O2/c1-13(2)8-11-26-20(28)25-10-9-14(6-7-17(25)24-26)23-19(27)15-4-3-5-16-18(15)22-12-21-16/h3-5,12-14H,6-11H2,1-2H3,(H,21,22)(H,23,27). The summed E-state index contributed by atoms with van der Waals surface area (Å²) in [6.07, 6.45) is 4.69. The molecule has 2 N–H and O–H groups in total. The first-order valence-electron chi connectivity index (χ1n) is 9.92. The fraction of sp³-hybridized carbons (Fsp3) is 0.500. The van der Waals surface area contributed by atoms with Crippen molar-refractivity contribution in [3.05, 3.63) is 46.4 Å². The van der Waals surface area contributed by atoms with Crippen molar-refractivity contribution in [2.75, 3.05) is 0 Å². The van der Waals surface area contributed by atoms with Gasteiger partial charge in [0.25, 0.3) is 5.91 Å². The molecule has 0 radical (unpaired) electrons. The summed E-state index contributed by atoms with van der Waals surface area (Å²) in [6.45, 7) is 5.52. The molecule has 1 atom stereocenters. The van der Waals surface area contributed by atoms with Gasteiger partial charge in [0, 0.05) is 25.6 Å². The summed E-state index contributed by atoms with van der Waals surface area (Å²) in [4.78, 5) is 32.7. The van der Waals surface area contributed by atoms with Crippen LogP contribution in [0.3, 0.4) is 0 Å². The smallest absolute Gasteiger partial charge is 0.345 e. The molecule has 3 aromatic rings. The first-order valence-corrected chi connectivity index (χ1v) is 9.92. The number of para-hydroxylation sites is 1. The molecule has 4 rings (SSSR count). The van der Waals surface area contributed by atoms with Gasteiger partial charge in [0.1, 0.15) is 11.3 Å². The van der Waals surface area contributed by atoms with Gasteiger partial charge in [-0.2, -0.15) is 5.10 Å². The third kappa shape index (κ3) is 3.58. The van der Waals surface area contributed by atoms with Gasteiger partial charge in [-0.3, -0.25) is 9.36 Å². The molecule has 0 bridgehead atoms. The van der Waals surface area contributed by atoms with E-state index in [1.807, 2.05) is 12.1 Å². The van der Waals surface area contributed by atoms with E-state index in [0.717, 1.165) is 24.2 Å². The van der Waals surface area contributed by atoms with Crippen LogP contribution in [0.25, 0.3) is 11.0 Å². The van der Waals surface area contributed by atoms with Gasteiger partial charge in [-0.15, -0.1) is 0 Å². The maximum atomic E-state index is 12.8. The molecule has 3 heterocycles. The summed E-state index contributed by atoms with van der Waals surface area (Å²) < 4.78 is 3.35. The van der Waals surface area contributed by atoms with Crippen LogP contribution in [-0.2, 0) is 19.5 Å². The molecule has 0 spiro atoms. The number of amides is 1. The number of hydrogen-bond acceptors (Lipinski definition) is 4. The number of aryl methyl sites for hydroxylation is 2. The average Bonchev–Trinajstić information content (AvgIpc) is 3.21. The van der Waals surface area contributed by atoms with Crippen LogP contribution in [0, 0.1) is 5.92 Å². The number of fused-ring (bicyclic) bond motifs is 2. The molecule has 0 saturated carbocycles. The van der Waals surface area contributed by atoms with Gasteiger partial charge in [-0.1, -0.05) is 19.9 Å². The SMILES string of the molecule is CC(C)CCn1nc2n(c1=O)CCC(NC(=O)c1cccc3[nH]cnc13)CC2. The number of carbonyl (C=O) groups is 1. The number of hydrogen-bond donors (Lipinski definition) is 2. The van der Waals surface area contributed by atoms with Crippen LogP contribution in [0.1, 0.15) is 49.3 Å². The predicted octanol–water partition coefficient (Wildman–Crippen LogP) is 2.10. The first kappa shape index (κ1) is 18.5. The van der Waals surface area contributed by atoms with Gasteiger partial charge in [0.05, 0.1) is 17.4 Å². The largest absolute Gasteiger partial charge is 0.349 e. The van der Waals surface area contributed by atoms with Crippen LogP contribution in [0.2, 0.25) is 0 Å². The quantitative estimate of drug-likeness (QED) is 0.706. The lowest BCUT2D eigenvalue weighted by atomic mass is 10.1. The van der Waals surface area contributed by atoms with Crippen molar-refractivity contribution in [1.82, 2.24) is 29.6 Å². The van der Waals surface area contributed by atoms with E-state index >= 15 is 0 Å². The van der Waals surface area contributed by atoms with E-state index in [1.54, 1.807) is 21.6 Å². The minimum absolute atomic E-state index is 0.00640. The highest BCUT2D eigenvalue weighted by molar-refractivity contribution is 6.04. The monoisotopic (exact) mass is 382 g/mol. The van der Waals surface area contributed by atoms with Gasteiger partial charge in [0.2, 0.25) is 0 Å². The summed E-state index contributed by atoms with van der Waals surface area (Å²) in [5.74, 6) is 1.23. The highest BCUT2D eigenvalue weighted by Crippen LogP contribution is 2.17. The molecule has 28 heavy (non-hydrogen) atoms. The predicted molar refractivity (Wildman–Crippen MR) is 106 cm³/mol. The third-order valence-electron chi connectivity index (χ3n) is 5.36. The minimum atomic E-state index is -0.128. The van der Waals surface area contributed by atoms with Crippen LogP contribution in [0.5, 0.6) is 0 Å². The molecule has 1 aliphatic rings. The van der Waals surface area contributed by atoms with Crippen LogP contribution < -0.4 is 11.0 Å². The Labute approximate surface area is 163 Å². The molecule has 0 fully saturated rings. The summed E-state index contributed by atoms with van der Waals surface area (Å²) in [7, 11) is 0. The molecule has 2 aromatic heterocycles. The van der Waals surface area contributed by atoms with E-state index < -0.39 is 0 Å². The Morgan fingerprint density at radius 2 is 2.21 bits per heavy atom. The Balaban J connectivity index is 1.44. The zero-order chi connectivity index (χ0) is 19.7. The number of aromatic amines is 1. The number of rotatable bonds is 5. The second-order valence-corrected chi connectivity index (χ2v) is 7.86. The maximum absolute atomic E-state index is 12.8. The Morgan fingerprint density at radius 1 is 1.36 bits per heavy atom. The van der Waals surface area contributed by atoms with Crippen molar-refractivity contribution in [3.63, 3.8) is 0 Å². The van der Waals surface area contributed by atoms with Gasteiger partial charge in [0.15, 0.2) is 0 Å². The molecule has 1 unspecified atom stereocenters. The molecule has 1 aliphatic heterocycles. The van der Waals surface area contributed by atoms with E-state index in [9.17, 15) is 9.59 Å². The van der Waals surface area contributed by atoms with Crippen LogP contribution in [-0.4, -0.2) is 36.3 Å². The van der Waals surface area contributed by atoms with E-state index in [4.69, 9.17) is 0 Å². The van der Waals surface area contributed by atoms with E-state index in [-0.39, 0.29) is 17.6 Å². The molecule has 0 saturated heterocycles. The van der Waals surface area contributed by atoms with Gasteiger partial charge >= 0.3 is 5.69 Å². The Morgan fingerprint density at radius 3 is 3.04 bits per heavy atom. The second kappa shape index (κ2) is 7.61. The first-order chi connectivity index (χ1) is 13.5. The molecular weight excluding hydrogens is 356 g/mol. The molecule has 1 aromatic carbocycles. The lowest BCUT2D eigenvalue weighted by Crippen LogP contribution is -2.36. The maximum Gasteiger partial charge on any atom is 0.345 e. The summed E-state index contributed by atoms with van der Waals surface area (Å²) in [5.41, 5.74) is 2.05. The lowest BCUT2D eigenvalue weighted by molar-refractivity contribution is 0.0934. The number of benzene rings is 1. The Hall–Kier alpha value is -2.90. The number of imidazole rings is 1. The number of nitrogens with zero attached hydrogens (tertiary/aromatic N) is 4. The van der Waals surface area contributed by atoms with Gasteiger partial charge in [-0.05, 0) is 37.3 Å².